The zero-order valence-corrected chi connectivity index (χ0v) is 16.7. The van der Waals surface area contributed by atoms with E-state index in [4.69, 9.17) is 9.84 Å². The molecule has 1 fully saturated rings. The van der Waals surface area contributed by atoms with Gasteiger partial charge in [-0.25, -0.2) is 18.2 Å². The van der Waals surface area contributed by atoms with Crippen molar-refractivity contribution in [2.45, 2.75) is 6.61 Å². The minimum atomic E-state index is -3.79. The first kappa shape index (κ1) is 20.7. The number of benzene rings is 3. The molecule has 4 rings (SSSR count). The number of halogens is 1. The Morgan fingerprint density at radius 3 is 2.58 bits per heavy atom. The van der Waals surface area contributed by atoms with Crippen LogP contribution in [0.5, 0.6) is 5.75 Å². The molecule has 31 heavy (non-hydrogen) atoms. The van der Waals surface area contributed by atoms with E-state index in [1.807, 2.05) is 22.9 Å². The molecule has 0 atom stereocenters. The van der Waals surface area contributed by atoms with Crippen LogP contribution in [0.3, 0.4) is 0 Å². The lowest BCUT2D eigenvalue weighted by atomic mass is 10.1. The first-order chi connectivity index (χ1) is 14.7. The minimum Gasteiger partial charge on any atom is -0.487 e. The lowest BCUT2D eigenvalue weighted by Gasteiger charge is -2.37. The first-order valence-corrected chi connectivity index (χ1v) is 10.5. The molecule has 5 N–H and O–H groups in total. The van der Waals surface area contributed by atoms with E-state index in [2.05, 4.69) is 5.32 Å². The number of nitrogens with zero attached hydrogens (tertiary/aromatic N) is 1. The van der Waals surface area contributed by atoms with E-state index in [0.29, 0.717) is 5.39 Å². The second-order valence-corrected chi connectivity index (χ2v) is 8.44. The predicted molar refractivity (Wildman–Crippen MR) is 115 cm³/mol. The lowest BCUT2D eigenvalue weighted by molar-refractivity contribution is -0.117. The van der Waals surface area contributed by atoms with Gasteiger partial charge in [0.15, 0.2) is 5.82 Å². The van der Waals surface area contributed by atoms with E-state index in [1.54, 1.807) is 12.1 Å². The van der Waals surface area contributed by atoms with E-state index >= 15 is 4.39 Å². The number of ether oxygens (including phenoxy) is 1. The Morgan fingerprint density at radius 2 is 1.94 bits per heavy atom. The third-order valence-electron chi connectivity index (χ3n) is 4.60. The molecule has 11 heteroatoms. The van der Waals surface area contributed by atoms with Gasteiger partial charge in [0.1, 0.15) is 24.6 Å². The van der Waals surface area contributed by atoms with Crippen LogP contribution in [-0.4, -0.2) is 32.8 Å². The smallest absolute Gasteiger partial charge is 0.409 e. The summed E-state index contributed by atoms with van der Waals surface area (Å²) in [5, 5.41) is 11.5. The SMILES string of the molecule is O=C(O)Nc1ccc2c(F)c(N3CC(=O)NS3(O)O)c(OCc3ccccc3)cc2c1. The van der Waals surface area contributed by atoms with Gasteiger partial charge in [0, 0.05) is 11.1 Å². The number of anilines is 2. The van der Waals surface area contributed by atoms with Crippen molar-refractivity contribution in [3.63, 3.8) is 0 Å². The summed E-state index contributed by atoms with van der Waals surface area (Å²) in [5.74, 6) is -1.54. The van der Waals surface area contributed by atoms with Crippen LogP contribution in [0.15, 0.2) is 54.6 Å². The summed E-state index contributed by atoms with van der Waals surface area (Å²) in [5.41, 5.74) is 0.738. The van der Waals surface area contributed by atoms with Crippen molar-refractivity contribution >= 4 is 45.1 Å². The fourth-order valence-corrected chi connectivity index (χ4v) is 4.48. The van der Waals surface area contributed by atoms with Crippen molar-refractivity contribution in [3.8, 4) is 5.75 Å². The van der Waals surface area contributed by atoms with E-state index in [0.717, 1.165) is 9.87 Å². The summed E-state index contributed by atoms with van der Waals surface area (Å²) in [6, 6.07) is 14.7. The molecule has 9 nitrogen and oxygen atoms in total. The van der Waals surface area contributed by atoms with Crippen LogP contribution < -0.4 is 19.1 Å². The van der Waals surface area contributed by atoms with Gasteiger partial charge in [0.25, 0.3) is 5.91 Å². The molecule has 0 unspecified atom stereocenters. The van der Waals surface area contributed by atoms with Crippen molar-refractivity contribution in [2.75, 3.05) is 16.2 Å². The van der Waals surface area contributed by atoms with Crippen molar-refractivity contribution in [1.29, 1.82) is 0 Å². The number of hydrogen-bond donors (Lipinski definition) is 5. The number of carbonyl (C=O) groups excluding carboxylic acids is 1. The maximum atomic E-state index is 15.6. The monoisotopic (exact) mass is 447 g/mol. The molecule has 0 aliphatic carbocycles. The summed E-state index contributed by atoms with van der Waals surface area (Å²) < 4.78 is 44.8. The van der Waals surface area contributed by atoms with Gasteiger partial charge < -0.3 is 9.84 Å². The van der Waals surface area contributed by atoms with Gasteiger partial charge in [-0.1, -0.05) is 30.3 Å². The number of fused-ring (bicyclic) bond motifs is 1. The highest BCUT2D eigenvalue weighted by atomic mass is 32.3. The van der Waals surface area contributed by atoms with Gasteiger partial charge in [-0.3, -0.25) is 19.2 Å². The molecule has 3 aromatic carbocycles. The Kier molecular flexibility index (Phi) is 5.31. The molecule has 0 bridgehead atoms. The largest absolute Gasteiger partial charge is 0.487 e. The first-order valence-electron chi connectivity index (χ1n) is 9.04. The van der Waals surface area contributed by atoms with Gasteiger partial charge in [0.2, 0.25) is 0 Å². The summed E-state index contributed by atoms with van der Waals surface area (Å²) in [7, 11) is -3.79. The predicted octanol–water partition coefficient (Wildman–Crippen LogP) is 4.16. The van der Waals surface area contributed by atoms with E-state index in [-0.39, 0.29) is 29.1 Å². The Morgan fingerprint density at radius 1 is 1.19 bits per heavy atom. The molecule has 0 radical (unpaired) electrons. The van der Waals surface area contributed by atoms with Crippen LogP contribution >= 0.6 is 11.0 Å². The van der Waals surface area contributed by atoms with Gasteiger partial charge >= 0.3 is 6.09 Å². The normalized spacial score (nSPS) is 16.1. The number of amides is 2. The number of nitrogens with one attached hydrogen (secondary N) is 2. The molecular weight excluding hydrogens is 429 g/mol. The van der Waals surface area contributed by atoms with E-state index in [9.17, 15) is 18.7 Å². The number of carboxylic acid groups (broad SMARTS) is 1. The van der Waals surface area contributed by atoms with Crippen LogP contribution in [0, 0.1) is 5.82 Å². The van der Waals surface area contributed by atoms with Gasteiger partial charge in [0.05, 0.1) is 0 Å². The van der Waals surface area contributed by atoms with Crippen LogP contribution in [0.1, 0.15) is 5.56 Å². The Bertz CT molecular complexity index is 1170. The average Bonchev–Trinajstić information content (AvgIpc) is 2.98. The van der Waals surface area contributed by atoms with E-state index < -0.39 is 35.3 Å². The van der Waals surface area contributed by atoms with E-state index in [1.165, 1.54) is 24.3 Å². The standard InChI is InChI=1S/C20H18FN3O6S/c21-18-15-7-6-14(22-20(26)27)8-13(15)9-16(30-11-12-4-2-1-3-5-12)19(18)24-10-17(25)23-31(24,28)29/h1-9,22,28-29H,10-11H2,(H,23,25)(H,26,27). The van der Waals surface area contributed by atoms with Crippen LogP contribution in [0.4, 0.5) is 20.6 Å². The molecule has 2 amide bonds. The molecule has 0 saturated carbocycles. The third-order valence-corrected chi connectivity index (χ3v) is 6.03. The fourth-order valence-electron chi connectivity index (χ4n) is 3.27. The van der Waals surface area contributed by atoms with Gasteiger partial charge in [-0.15, -0.1) is 0 Å². The molecule has 1 heterocycles. The quantitative estimate of drug-likeness (QED) is 0.397. The molecule has 1 saturated heterocycles. The van der Waals surface area contributed by atoms with Gasteiger partial charge in [-0.2, -0.15) is 0 Å². The van der Waals surface area contributed by atoms with Crippen molar-refractivity contribution in [1.82, 2.24) is 4.72 Å². The number of rotatable bonds is 5. The molecular formula is C20H18FN3O6S. The number of hydrogen-bond acceptors (Lipinski definition) is 6. The van der Waals surface area contributed by atoms with Crippen molar-refractivity contribution in [3.05, 3.63) is 66.0 Å². The summed E-state index contributed by atoms with van der Waals surface area (Å²) in [6.07, 6.45) is -1.27. The maximum absolute atomic E-state index is 15.6. The second-order valence-electron chi connectivity index (χ2n) is 6.76. The zero-order valence-electron chi connectivity index (χ0n) is 15.9. The molecule has 3 aromatic rings. The second kappa shape index (κ2) is 7.95. The fraction of sp³-hybridized carbons (Fsp3) is 0.100. The number of carbonyl (C=O) groups is 2. The van der Waals surface area contributed by atoms with Crippen LogP contribution in [0.2, 0.25) is 0 Å². The Balaban J connectivity index is 1.83. The molecule has 1 aliphatic rings. The zero-order chi connectivity index (χ0) is 22.2. The lowest BCUT2D eigenvalue weighted by Crippen LogP contribution is -2.26. The highest BCUT2D eigenvalue weighted by Gasteiger charge is 2.38. The average molecular weight is 447 g/mol. The molecule has 0 spiro atoms. The Labute approximate surface area is 177 Å². The van der Waals surface area contributed by atoms with Crippen molar-refractivity contribution < 1.29 is 32.9 Å². The third kappa shape index (κ3) is 4.19. The van der Waals surface area contributed by atoms with Crippen LogP contribution in [0.25, 0.3) is 10.8 Å². The van der Waals surface area contributed by atoms with Crippen LogP contribution in [-0.2, 0) is 11.4 Å². The summed E-state index contributed by atoms with van der Waals surface area (Å²) in [4.78, 5) is 22.7. The Hall–Kier alpha value is -3.54. The highest BCUT2D eigenvalue weighted by Crippen LogP contribution is 2.51. The topological polar surface area (TPSA) is 131 Å². The molecule has 162 valence electrons. The molecule has 0 aromatic heterocycles. The molecule has 1 aliphatic heterocycles. The highest BCUT2D eigenvalue weighted by molar-refractivity contribution is 8.24. The van der Waals surface area contributed by atoms with Crippen molar-refractivity contribution in [2.24, 2.45) is 0 Å². The summed E-state index contributed by atoms with van der Waals surface area (Å²) in [6.45, 7) is -0.411. The van der Waals surface area contributed by atoms with Gasteiger partial charge in [-0.05, 0) is 46.2 Å². The summed E-state index contributed by atoms with van der Waals surface area (Å²) >= 11 is 0. The minimum absolute atomic E-state index is 0.0298. The maximum Gasteiger partial charge on any atom is 0.409 e.